The van der Waals surface area contributed by atoms with Crippen LogP contribution < -0.4 is 16.0 Å². The molecule has 1 atom stereocenters. The summed E-state index contributed by atoms with van der Waals surface area (Å²) < 4.78 is 0. The molecule has 0 saturated carbocycles. The van der Waals surface area contributed by atoms with Gasteiger partial charge < -0.3 is 20.8 Å². The van der Waals surface area contributed by atoms with Gasteiger partial charge in [0.05, 0.1) is 4.88 Å². The average molecular weight is 463 g/mol. The van der Waals surface area contributed by atoms with Crippen LogP contribution in [0.25, 0.3) is 0 Å². The highest BCUT2D eigenvalue weighted by atomic mass is 32.2. The predicted molar refractivity (Wildman–Crippen MR) is 122 cm³/mol. The summed E-state index contributed by atoms with van der Waals surface area (Å²) in [6, 6.07) is 11.6. The van der Waals surface area contributed by atoms with Gasteiger partial charge >= 0.3 is 11.9 Å². The van der Waals surface area contributed by atoms with Crippen molar-refractivity contribution in [1.82, 2.24) is 10.6 Å². The normalized spacial score (nSPS) is 15.0. The minimum atomic E-state index is -1.26. The summed E-state index contributed by atoms with van der Waals surface area (Å²) in [6.07, 6.45) is 1.12. The van der Waals surface area contributed by atoms with E-state index in [1.165, 1.54) is 11.3 Å². The molecule has 1 saturated heterocycles. The first-order chi connectivity index (χ1) is 14.8. The third-order valence-electron chi connectivity index (χ3n) is 3.78. The lowest BCUT2D eigenvalue weighted by Crippen LogP contribution is -2.38. The van der Waals surface area contributed by atoms with Gasteiger partial charge in [0, 0.05) is 36.7 Å². The molecular formula is C20H22N4O5S2. The zero-order valence-electron chi connectivity index (χ0n) is 16.3. The largest absolute Gasteiger partial charge is 0.478 e. The third-order valence-corrected chi connectivity index (χ3v) is 5.82. The zero-order chi connectivity index (χ0) is 22.6. The number of benzene rings is 1. The second kappa shape index (κ2) is 12.5. The fraction of sp³-hybridized carbons (Fsp3) is 0.200. The summed E-state index contributed by atoms with van der Waals surface area (Å²) >= 11 is 3.17. The Balaban J connectivity index is 0.000000366. The highest BCUT2D eigenvalue weighted by Crippen LogP contribution is 2.15. The van der Waals surface area contributed by atoms with Crippen molar-refractivity contribution in [3.63, 3.8) is 0 Å². The number of carbonyl (C=O) groups is 3. The van der Waals surface area contributed by atoms with E-state index in [1.54, 1.807) is 11.8 Å². The number of amidine groups is 1. The summed E-state index contributed by atoms with van der Waals surface area (Å²) in [7, 11) is 0. The van der Waals surface area contributed by atoms with Crippen molar-refractivity contribution in [2.45, 2.75) is 11.9 Å². The Hall–Kier alpha value is -3.15. The summed E-state index contributed by atoms with van der Waals surface area (Å²) in [4.78, 5) is 31.9. The molecule has 1 aromatic heterocycles. The SMILES string of the molecule is N=C(Nc1ccc(CNC(=O)C2NCCS2)cc1)c1cccs1.O=C(O)/C=C/C(=O)O. The molecule has 0 spiro atoms. The van der Waals surface area contributed by atoms with Crippen LogP contribution in [0.3, 0.4) is 0 Å². The van der Waals surface area contributed by atoms with Gasteiger partial charge in [-0.2, -0.15) is 0 Å². The molecule has 1 fully saturated rings. The number of carboxylic acids is 2. The standard InChI is InChI=1S/C16H18N4OS2.C4H4O4/c17-14(13-2-1-8-22-13)20-12-5-3-11(4-6-12)10-19-15(21)16-18-7-9-23-16;5-3(6)1-2-4(7)8/h1-6,8,16,18H,7,9-10H2,(H2,17,20)(H,19,21);1-2H,(H,5,6)(H,7,8)/b;2-1+. The molecule has 1 aliphatic rings. The van der Waals surface area contributed by atoms with Crippen LogP contribution in [0, 0.1) is 5.41 Å². The lowest BCUT2D eigenvalue weighted by Gasteiger charge is -2.11. The number of amides is 1. The lowest BCUT2D eigenvalue weighted by atomic mass is 10.2. The number of anilines is 1. The van der Waals surface area contributed by atoms with Crippen molar-refractivity contribution in [2.24, 2.45) is 0 Å². The summed E-state index contributed by atoms with van der Waals surface area (Å²) in [5.41, 5.74) is 1.90. The van der Waals surface area contributed by atoms with Crippen molar-refractivity contribution in [1.29, 1.82) is 5.41 Å². The number of thioether (sulfide) groups is 1. The first kappa shape index (κ1) is 24.1. The number of carboxylic acid groups (broad SMARTS) is 2. The van der Waals surface area contributed by atoms with Gasteiger partial charge in [0.2, 0.25) is 5.91 Å². The first-order valence-electron chi connectivity index (χ1n) is 9.10. The van der Waals surface area contributed by atoms with Gasteiger partial charge in [-0.25, -0.2) is 9.59 Å². The number of carbonyl (C=O) groups excluding carboxylic acids is 1. The van der Waals surface area contributed by atoms with Crippen molar-refractivity contribution in [3.8, 4) is 0 Å². The molecule has 2 aromatic rings. The molecule has 164 valence electrons. The molecule has 6 N–H and O–H groups in total. The molecule has 1 aliphatic heterocycles. The zero-order valence-corrected chi connectivity index (χ0v) is 18.0. The maximum absolute atomic E-state index is 11.9. The first-order valence-corrected chi connectivity index (χ1v) is 11.0. The summed E-state index contributed by atoms with van der Waals surface area (Å²) in [6.45, 7) is 1.40. The quantitative estimate of drug-likeness (QED) is 0.208. The Kier molecular flexibility index (Phi) is 9.75. The van der Waals surface area contributed by atoms with Crippen LogP contribution in [-0.4, -0.2) is 51.6 Å². The van der Waals surface area contributed by atoms with E-state index in [2.05, 4.69) is 16.0 Å². The van der Waals surface area contributed by atoms with Gasteiger partial charge in [0.15, 0.2) is 0 Å². The van der Waals surface area contributed by atoms with Crippen molar-refractivity contribution in [3.05, 3.63) is 64.4 Å². The predicted octanol–water partition coefficient (Wildman–Crippen LogP) is 2.18. The minimum absolute atomic E-state index is 0.0363. The van der Waals surface area contributed by atoms with Crippen LogP contribution in [0.4, 0.5) is 5.69 Å². The van der Waals surface area contributed by atoms with E-state index in [4.69, 9.17) is 15.6 Å². The van der Waals surface area contributed by atoms with Gasteiger partial charge in [-0.05, 0) is 29.1 Å². The maximum atomic E-state index is 11.9. The topological polar surface area (TPSA) is 152 Å². The second-order valence-electron chi connectivity index (χ2n) is 6.11. The number of aliphatic carboxylic acids is 2. The van der Waals surface area contributed by atoms with Crippen LogP contribution in [0.2, 0.25) is 0 Å². The molecule has 0 aliphatic carbocycles. The van der Waals surface area contributed by atoms with Crippen LogP contribution in [0.5, 0.6) is 0 Å². The molecular weight excluding hydrogens is 440 g/mol. The highest BCUT2D eigenvalue weighted by Gasteiger charge is 2.21. The lowest BCUT2D eigenvalue weighted by molar-refractivity contribution is -0.134. The maximum Gasteiger partial charge on any atom is 0.328 e. The number of nitrogens with one attached hydrogen (secondary N) is 4. The van der Waals surface area contributed by atoms with E-state index >= 15 is 0 Å². The molecule has 0 bridgehead atoms. The second-order valence-corrected chi connectivity index (χ2v) is 8.27. The molecule has 31 heavy (non-hydrogen) atoms. The fourth-order valence-corrected chi connectivity index (χ4v) is 3.92. The van der Waals surface area contributed by atoms with E-state index in [0.29, 0.717) is 24.5 Å². The van der Waals surface area contributed by atoms with Gasteiger partial charge in [-0.3, -0.25) is 15.5 Å². The molecule has 3 rings (SSSR count). The highest BCUT2D eigenvalue weighted by molar-refractivity contribution is 8.00. The molecule has 1 unspecified atom stereocenters. The van der Waals surface area contributed by atoms with Crippen LogP contribution in [0.1, 0.15) is 10.4 Å². The Morgan fingerprint density at radius 3 is 2.32 bits per heavy atom. The Morgan fingerprint density at radius 1 is 1.13 bits per heavy atom. The van der Waals surface area contributed by atoms with Crippen molar-refractivity contribution < 1.29 is 24.6 Å². The molecule has 11 heteroatoms. The van der Waals surface area contributed by atoms with Gasteiger partial charge in [-0.1, -0.05) is 18.2 Å². The van der Waals surface area contributed by atoms with E-state index in [9.17, 15) is 14.4 Å². The van der Waals surface area contributed by atoms with Crippen molar-refractivity contribution in [2.75, 3.05) is 17.6 Å². The number of rotatable bonds is 7. The van der Waals surface area contributed by atoms with Crippen molar-refractivity contribution >= 4 is 52.5 Å². The summed E-state index contributed by atoms with van der Waals surface area (Å²) in [5, 5.41) is 34.6. The molecule has 0 radical (unpaired) electrons. The summed E-state index contributed by atoms with van der Waals surface area (Å²) in [5.74, 6) is -1.10. The number of hydrogen-bond acceptors (Lipinski definition) is 7. The van der Waals surface area contributed by atoms with E-state index in [1.807, 2.05) is 41.8 Å². The Bertz CT molecular complexity index is 908. The van der Waals surface area contributed by atoms with Gasteiger partial charge in [0.25, 0.3) is 0 Å². The number of hydrogen-bond donors (Lipinski definition) is 6. The van der Waals surface area contributed by atoms with Crippen LogP contribution in [0.15, 0.2) is 53.9 Å². The van der Waals surface area contributed by atoms with E-state index in [0.717, 1.165) is 28.4 Å². The number of thiophene rings is 1. The van der Waals surface area contributed by atoms with Gasteiger partial charge in [0.1, 0.15) is 11.2 Å². The van der Waals surface area contributed by atoms with Crippen LogP contribution in [-0.2, 0) is 20.9 Å². The van der Waals surface area contributed by atoms with E-state index in [-0.39, 0.29) is 11.3 Å². The van der Waals surface area contributed by atoms with Crippen LogP contribution >= 0.6 is 23.1 Å². The molecule has 1 amide bonds. The van der Waals surface area contributed by atoms with Gasteiger partial charge in [-0.15, -0.1) is 23.1 Å². The fourth-order valence-electron chi connectivity index (χ4n) is 2.35. The molecule has 9 nitrogen and oxygen atoms in total. The molecule has 2 heterocycles. The van der Waals surface area contributed by atoms with E-state index < -0.39 is 11.9 Å². The third kappa shape index (κ3) is 9.03. The minimum Gasteiger partial charge on any atom is -0.478 e. The molecule has 1 aromatic carbocycles. The Morgan fingerprint density at radius 2 is 1.81 bits per heavy atom. The average Bonchev–Trinajstić information content (AvgIpc) is 3.46. The smallest absolute Gasteiger partial charge is 0.328 e. The Labute approximate surface area is 187 Å². The monoisotopic (exact) mass is 462 g/mol.